The number of urea groups is 3. The number of amides is 7. The first kappa shape index (κ1) is 35.4. The van der Waals surface area contributed by atoms with Crippen molar-refractivity contribution in [1.29, 1.82) is 0 Å². The second-order valence-electron chi connectivity index (χ2n) is 10.9. The monoisotopic (exact) mass is 717 g/mol. The van der Waals surface area contributed by atoms with E-state index in [1.54, 1.807) is 12.1 Å². The van der Waals surface area contributed by atoms with Crippen LogP contribution in [0.25, 0.3) is 0 Å². The molecule has 2 atom stereocenters. The molecule has 1 aromatic heterocycles. The Kier molecular flexibility index (Phi) is 10.4. The van der Waals surface area contributed by atoms with Crippen LogP contribution in [-0.2, 0) is 11.2 Å². The van der Waals surface area contributed by atoms with Crippen molar-refractivity contribution in [3.8, 4) is 17.2 Å². The lowest BCUT2D eigenvalue weighted by Gasteiger charge is -2.31. The van der Waals surface area contributed by atoms with Gasteiger partial charge in [-0.2, -0.15) is 0 Å². The highest BCUT2D eigenvalue weighted by Gasteiger charge is 2.42. The number of anilines is 1. The Bertz CT molecular complexity index is 1860. The lowest BCUT2D eigenvalue weighted by molar-refractivity contribution is -0.123. The van der Waals surface area contributed by atoms with E-state index in [4.69, 9.17) is 16.3 Å². The lowest BCUT2D eigenvalue weighted by Crippen LogP contribution is -2.56. The fraction of sp³-hybridized carbons (Fsp3) is 0.241. The van der Waals surface area contributed by atoms with Crippen LogP contribution in [0.2, 0.25) is 5.02 Å². The number of rotatable bonds is 9. The van der Waals surface area contributed by atoms with Gasteiger partial charge < -0.3 is 51.2 Å². The maximum atomic E-state index is 14.6. The van der Waals surface area contributed by atoms with E-state index in [0.29, 0.717) is 11.8 Å². The highest BCUT2D eigenvalue weighted by molar-refractivity contribution is 6.47. The molecule has 2 aliphatic heterocycles. The molecule has 0 spiro atoms. The van der Waals surface area contributed by atoms with Gasteiger partial charge in [0.1, 0.15) is 23.2 Å². The van der Waals surface area contributed by atoms with E-state index in [9.17, 15) is 53.1 Å². The second-order valence-corrected chi connectivity index (χ2v) is 11.3. The van der Waals surface area contributed by atoms with Gasteiger partial charge in [-0.25, -0.2) is 32.9 Å². The van der Waals surface area contributed by atoms with Gasteiger partial charge in [0, 0.05) is 37.9 Å². The topological polar surface area (TPSA) is 243 Å². The summed E-state index contributed by atoms with van der Waals surface area (Å²) in [5.41, 5.74) is -0.868. The van der Waals surface area contributed by atoms with Crippen LogP contribution in [-0.4, -0.2) is 104 Å². The van der Waals surface area contributed by atoms with Crippen molar-refractivity contribution in [3.63, 3.8) is 0 Å². The number of carbonyl (C=O) groups is 5. The van der Waals surface area contributed by atoms with E-state index in [0.717, 1.165) is 11.0 Å². The number of benzene rings is 2. The molecule has 21 heteroatoms. The number of aromatic hydroxyl groups is 2. The molecule has 7 amide bonds. The van der Waals surface area contributed by atoms with Crippen molar-refractivity contribution in [2.24, 2.45) is 0 Å². The standard InChI is InChI=1S/C29H27BClF2N7O10/c31-20-15(11-17(33)22(41)23(20)42)21(25(43)37-18-10-13-3-4-16(32)19(26(44)45)24(13)50-30(18)49)38-28(47)40-9-8-39(29(40)48)7-6-35-27(46)36-14-2-1-5-34-12-14/h1-5,11-12,18,21,41-42,49H,6-10H2,(H,37,43)(H,38,47)(H,44,45)(H2,35,36,46)/t18-,21?/m0/s1. The number of phenols is 2. The predicted molar refractivity (Wildman–Crippen MR) is 169 cm³/mol. The molecule has 1 saturated heterocycles. The summed E-state index contributed by atoms with van der Waals surface area (Å²) in [5.74, 6) is -9.60. The number of pyridine rings is 1. The Balaban J connectivity index is 1.29. The number of hydrogen-bond acceptors (Lipinski definition) is 10. The summed E-state index contributed by atoms with van der Waals surface area (Å²) >= 11 is 6.13. The maximum absolute atomic E-state index is 14.6. The van der Waals surface area contributed by atoms with Crippen molar-refractivity contribution < 1.29 is 57.8 Å². The van der Waals surface area contributed by atoms with Crippen molar-refractivity contribution in [2.45, 2.75) is 18.4 Å². The van der Waals surface area contributed by atoms with Crippen LogP contribution in [0.4, 0.5) is 28.9 Å². The Hall–Kier alpha value is -5.89. The quantitative estimate of drug-likeness (QED) is 0.117. The molecule has 17 nitrogen and oxygen atoms in total. The molecule has 50 heavy (non-hydrogen) atoms. The number of carboxylic acid groups (broad SMARTS) is 1. The van der Waals surface area contributed by atoms with Gasteiger partial charge in [0.15, 0.2) is 17.3 Å². The molecule has 0 radical (unpaired) electrons. The van der Waals surface area contributed by atoms with Crippen molar-refractivity contribution >= 4 is 54.4 Å². The molecule has 8 N–H and O–H groups in total. The van der Waals surface area contributed by atoms with Crippen LogP contribution >= 0.6 is 11.6 Å². The Morgan fingerprint density at radius 1 is 1.12 bits per heavy atom. The number of aromatic carboxylic acids is 1. The number of halogens is 3. The first-order valence-corrected chi connectivity index (χ1v) is 15.1. The van der Waals surface area contributed by atoms with Gasteiger partial charge in [0.05, 0.1) is 22.8 Å². The number of nitrogens with zero attached hydrogens (tertiary/aromatic N) is 3. The summed E-state index contributed by atoms with van der Waals surface area (Å²) in [7, 11) is -1.93. The van der Waals surface area contributed by atoms with E-state index in [1.165, 1.54) is 23.4 Å². The maximum Gasteiger partial charge on any atom is 0.547 e. The Labute approximate surface area is 285 Å². The van der Waals surface area contributed by atoms with Gasteiger partial charge in [-0.1, -0.05) is 17.7 Å². The number of carbonyl (C=O) groups excluding carboxylic acids is 4. The van der Waals surface area contributed by atoms with Crippen LogP contribution in [0, 0.1) is 11.6 Å². The van der Waals surface area contributed by atoms with E-state index >= 15 is 0 Å². The molecule has 0 saturated carbocycles. The van der Waals surface area contributed by atoms with Gasteiger partial charge in [0.2, 0.25) is 5.91 Å². The van der Waals surface area contributed by atoms with Gasteiger partial charge in [0.25, 0.3) is 0 Å². The van der Waals surface area contributed by atoms with Crippen LogP contribution in [0.1, 0.15) is 27.5 Å². The van der Waals surface area contributed by atoms with Crippen LogP contribution in [0.3, 0.4) is 0 Å². The molecule has 2 aliphatic rings. The minimum atomic E-state index is -1.97. The minimum absolute atomic E-state index is 0.00445. The summed E-state index contributed by atoms with van der Waals surface area (Å²) < 4.78 is 34.0. The third-order valence-corrected chi connectivity index (χ3v) is 8.11. The molecule has 3 aromatic rings. The zero-order chi connectivity index (χ0) is 36.3. The van der Waals surface area contributed by atoms with Crippen molar-refractivity contribution in [3.05, 3.63) is 76.1 Å². The first-order chi connectivity index (χ1) is 23.8. The zero-order valence-electron chi connectivity index (χ0n) is 25.5. The fourth-order valence-electron chi connectivity index (χ4n) is 5.24. The molecule has 3 heterocycles. The smallest absolute Gasteiger partial charge is 0.534 e. The molecule has 1 unspecified atom stereocenters. The molecule has 0 aliphatic carbocycles. The van der Waals surface area contributed by atoms with E-state index in [1.807, 2.05) is 0 Å². The van der Waals surface area contributed by atoms with Crippen LogP contribution in [0.15, 0.2) is 42.7 Å². The first-order valence-electron chi connectivity index (χ1n) is 14.7. The normalized spacial score (nSPS) is 15.9. The number of hydrogen-bond donors (Lipinski definition) is 8. The predicted octanol–water partition coefficient (Wildman–Crippen LogP) is 1.57. The highest BCUT2D eigenvalue weighted by atomic mass is 35.5. The molecule has 2 aromatic carbocycles. The van der Waals surface area contributed by atoms with Gasteiger partial charge in [-0.3, -0.25) is 9.78 Å². The Morgan fingerprint density at radius 2 is 1.88 bits per heavy atom. The number of carboxylic acids is 1. The summed E-state index contributed by atoms with van der Waals surface area (Å²) in [5, 5.41) is 48.9. The van der Waals surface area contributed by atoms with Crippen molar-refractivity contribution in [1.82, 2.24) is 30.7 Å². The number of phenolic OH excluding ortho intramolecular Hbond substituents is 2. The number of aromatic nitrogens is 1. The van der Waals surface area contributed by atoms with Crippen LogP contribution < -0.4 is 25.9 Å². The third kappa shape index (κ3) is 7.40. The fourth-order valence-corrected chi connectivity index (χ4v) is 5.49. The SMILES string of the molecule is O=C(NCCN1CCN(C(=O)NC(C(=O)N[C@H]2Cc3ccc(F)c(C(=O)O)c3OB2O)c2cc(F)c(O)c(O)c2Cl)C1=O)Nc1cccnc1. The number of imide groups is 1. The second kappa shape index (κ2) is 14.7. The van der Waals surface area contributed by atoms with E-state index in [2.05, 4.69) is 26.3 Å². The minimum Gasteiger partial charge on any atom is -0.534 e. The lowest BCUT2D eigenvalue weighted by atomic mass is 9.72. The highest BCUT2D eigenvalue weighted by Crippen LogP contribution is 2.40. The summed E-state index contributed by atoms with van der Waals surface area (Å²) in [6, 6.07) is 1.34. The molecular weight excluding hydrogens is 691 g/mol. The molecule has 0 bridgehead atoms. The molecule has 1 fully saturated rings. The summed E-state index contributed by atoms with van der Waals surface area (Å²) in [6.45, 7) is -0.146. The molecule has 262 valence electrons. The van der Waals surface area contributed by atoms with E-state index < -0.39 is 94.1 Å². The average Bonchev–Trinajstić information content (AvgIpc) is 3.44. The van der Waals surface area contributed by atoms with Gasteiger partial charge in [-0.15, -0.1) is 0 Å². The van der Waals surface area contributed by atoms with Gasteiger partial charge >= 0.3 is 31.2 Å². The number of nitrogens with one attached hydrogen (secondary N) is 4. The largest absolute Gasteiger partial charge is 0.547 e. The summed E-state index contributed by atoms with van der Waals surface area (Å²) in [4.78, 5) is 69.6. The third-order valence-electron chi connectivity index (χ3n) is 7.71. The molecular formula is C29H27BClF2N7O10. The average molecular weight is 718 g/mol. The summed E-state index contributed by atoms with van der Waals surface area (Å²) in [6.07, 6.45) is 2.66. The Morgan fingerprint density at radius 3 is 2.58 bits per heavy atom. The molecule has 5 rings (SSSR count). The van der Waals surface area contributed by atoms with Crippen LogP contribution in [0.5, 0.6) is 17.2 Å². The van der Waals surface area contributed by atoms with Crippen molar-refractivity contribution in [2.75, 3.05) is 31.5 Å². The van der Waals surface area contributed by atoms with E-state index in [-0.39, 0.29) is 38.2 Å². The zero-order valence-corrected chi connectivity index (χ0v) is 26.3. The van der Waals surface area contributed by atoms with Gasteiger partial charge in [-0.05, 0) is 36.2 Å². The number of fused-ring (bicyclic) bond motifs is 1.